The van der Waals surface area contributed by atoms with Crippen LogP contribution >= 0.6 is 0 Å². The highest BCUT2D eigenvalue weighted by atomic mass is 16.4. The van der Waals surface area contributed by atoms with Crippen LogP contribution in [0.1, 0.15) is 25.3 Å². The maximum absolute atomic E-state index is 10.8. The maximum atomic E-state index is 10.8. The van der Waals surface area contributed by atoms with Gasteiger partial charge in [0.1, 0.15) is 5.82 Å². The van der Waals surface area contributed by atoms with Gasteiger partial charge in [0.15, 0.2) is 0 Å². The monoisotopic (exact) mass is 282 g/mol. The Morgan fingerprint density at radius 1 is 1.43 bits per heavy atom. The maximum Gasteiger partial charge on any atom is 0.328 e. The van der Waals surface area contributed by atoms with E-state index in [2.05, 4.69) is 11.8 Å². The van der Waals surface area contributed by atoms with Gasteiger partial charge in [-0.3, -0.25) is 0 Å². The lowest BCUT2D eigenvalue weighted by Crippen LogP contribution is -2.26. The number of aliphatic carboxylic acids is 1. The lowest BCUT2D eigenvalue weighted by molar-refractivity contribution is -0.131. The van der Waals surface area contributed by atoms with Gasteiger partial charge in [0.25, 0.3) is 0 Å². The van der Waals surface area contributed by atoms with Crippen LogP contribution in [0.15, 0.2) is 36.4 Å². The van der Waals surface area contributed by atoms with Gasteiger partial charge in [-0.2, -0.15) is 0 Å². The van der Waals surface area contributed by atoms with E-state index in [4.69, 9.17) is 10.1 Å². The predicted octanol–water partition coefficient (Wildman–Crippen LogP) is 3.32. The van der Waals surface area contributed by atoms with E-state index in [0.717, 1.165) is 28.8 Å². The Morgan fingerprint density at radius 3 is 2.86 bits per heavy atom. The van der Waals surface area contributed by atoms with Crippen molar-refractivity contribution in [3.05, 3.63) is 42.0 Å². The molecule has 0 atom stereocenters. The number of carboxylic acids is 1. The Bertz CT molecular complexity index is 705. The van der Waals surface area contributed by atoms with Crippen molar-refractivity contribution in [1.29, 1.82) is 0 Å². The fraction of sp³-hybridized carbons (Fsp3) is 0.294. The minimum absolute atomic E-state index is 0.542. The second-order valence-electron chi connectivity index (χ2n) is 5.28. The SMILES string of the molecule is CCN(c1nc2ccccc2cc1/C=C/C(=O)O)C1CC1. The molecule has 1 N–H and O–H groups in total. The molecule has 2 aromatic rings. The molecule has 1 fully saturated rings. The molecular weight excluding hydrogens is 264 g/mol. The average Bonchev–Trinajstić information content (AvgIpc) is 3.30. The highest BCUT2D eigenvalue weighted by Gasteiger charge is 2.30. The smallest absolute Gasteiger partial charge is 0.328 e. The van der Waals surface area contributed by atoms with E-state index in [-0.39, 0.29) is 0 Å². The number of carbonyl (C=O) groups is 1. The number of carboxylic acid groups (broad SMARTS) is 1. The fourth-order valence-electron chi connectivity index (χ4n) is 2.60. The van der Waals surface area contributed by atoms with E-state index in [9.17, 15) is 4.79 Å². The largest absolute Gasteiger partial charge is 0.478 e. The van der Waals surface area contributed by atoms with Crippen molar-refractivity contribution in [3.8, 4) is 0 Å². The first kappa shape index (κ1) is 13.6. The lowest BCUT2D eigenvalue weighted by atomic mass is 10.1. The number of nitrogens with zero attached hydrogens (tertiary/aromatic N) is 2. The topological polar surface area (TPSA) is 53.4 Å². The second-order valence-corrected chi connectivity index (χ2v) is 5.28. The molecule has 0 aliphatic heterocycles. The van der Waals surface area contributed by atoms with Gasteiger partial charge < -0.3 is 10.0 Å². The van der Waals surface area contributed by atoms with Crippen LogP contribution in [0.4, 0.5) is 5.82 Å². The summed E-state index contributed by atoms with van der Waals surface area (Å²) >= 11 is 0. The van der Waals surface area contributed by atoms with Crippen LogP contribution in [0, 0.1) is 0 Å². The molecule has 1 aromatic carbocycles. The minimum Gasteiger partial charge on any atom is -0.478 e. The number of fused-ring (bicyclic) bond motifs is 1. The van der Waals surface area contributed by atoms with Crippen molar-refractivity contribution in [1.82, 2.24) is 4.98 Å². The molecular formula is C17H18N2O2. The van der Waals surface area contributed by atoms with Crippen molar-refractivity contribution in [3.63, 3.8) is 0 Å². The van der Waals surface area contributed by atoms with Crippen molar-refractivity contribution in [2.75, 3.05) is 11.4 Å². The van der Waals surface area contributed by atoms with E-state index in [1.807, 2.05) is 30.3 Å². The van der Waals surface area contributed by atoms with Gasteiger partial charge >= 0.3 is 5.97 Å². The second kappa shape index (κ2) is 5.56. The van der Waals surface area contributed by atoms with E-state index in [1.165, 1.54) is 18.9 Å². The van der Waals surface area contributed by atoms with Crippen LogP contribution in [-0.2, 0) is 4.79 Å². The van der Waals surface area contributed by atoms with Gasteiger partial charge in [-0.15, -0.1) is 0 Å². The van der Waals surface area contributed by atoms with Crippen LogP contribution in [0.3, 0.4) is 0 Å². The number of para-hydroxylation sites is 1. The summed E-state index contributed by atoms with van der Waals surface area (Å²) in [6.45, 7) is 2.99. The van der Waals surface area contributed by atoms with Gasteiger partial charge in [0, 0.05) is 29.6 Å². The van der Waals surface area contributed by atoms with Gasteiger partial charge in [-0.25, -0.2) is 9.78 Å². The molecule has 21 heavy (non-hydrogen) atoms. The third-order valence-electron chi connectivity index (χ3n) is 3.74. The molecule has 1 aliphatic carbocycles. The first-order valence-corrected chi connectivity index (χ1v) is 7.26. The molecule has 0 radical (unpaired) electrons. The molecule has 3 rings (SSSR count). The Labute approximate surface area is 123 Å². The summed E-state index contributed by atoms with van der Waals surface area (Å²) in [4.78, 5) is 17.9. The molecule has 0 spiro atoms. The molecule has 1 aromatic heterocycles. The van der Waals surface area contributed by atoms with Gasteiger partial charge in [-0.05, 0) is 38.0 Å². The molecule has 0 amide bonds. The normalized spacial score (nSPS) is 14.7. The summed E-state index contributed by atoms with van der Waals surface area (Å²) in [7, 11) is 0. The molecule has 0 unspecified atom stereocenters. The zero-order valence-electron chi connectivity index (χ0n) is 12.0. The number of hydrogen-bond acceptors (Lipinski definition) is 3. The van der Waals surface area contributed by atoms with Gasteiger partial charge in [0.2, 0.25) is 0 Å². The molecule has 108 valence electrons. The number of aromatic nitrogens is 1. The summed E-state index contributed by atoms with van der Waals surface area (Å²) in [5.74, 6) is -0.0558. The minimum atomic E-state index is -0.941. The Hall–Kier alpha value is -2.36. The molecule has 4 nitrogen and oxygen atoms in total. The van der Waals surface area contributed by atoms with Gasteiger partial charge in [-0.1, -0.05) is 18.2 Å². The summed E-state index contributed by atoms with van der Waals surface area (Å²) in [6, 6.07) is 10.5. The van der Waals surface area contributed by atoms with E-state index < -0.39 is 5.97 Å². The predicted molar refractivity (Wildman–Crippen MR) is 84.5 cm³/mol. The molecule has 4 heteroatoms. The highest BCUT2D eigenvalue weighted by molar-refractivity contribution is 5.90. The first-order chi connectivity index (χ1) is 10.2. The van der Waals surface area contributed by atoms with Crippen molar-refractivity contribution in [2.24, 2.45) is 0 Å². The first-order valence-electron chi connectivity index (χ1n) is 7.26. The summed E-state index contributed by atoms with van der Waals surface area (Å²) < 4.78 is 0. The third kappa shape index (κ3) is 2.89. The summed E-state index contributed by atoms with van der Waals surface area (Å²) in [5, 5.41) is 9.90. The van der Waals surface area contributed by atoms with Crippen molar-refractivity contribution in [2.45, 2.75) is 25.8 Å². The van der Waals surface area contributed by atoms with Crippen LogP contribution in [-0.4, -0.2) is 28.6 Å². The van der Waals surface area contributed by atoms with Crippen LogP contribution in [0.25, 0.3) is 17.0 Å². The van der Waals surface area contributed by atoms with Gasteiger partial charge in [0.05, 0.1) is 5.52 Å². The molecule has 0 bridgehead atoms. The Balaban J connectivity index is 2.13. The lowest BCUT2D eigenvalue weighted by Gasteiger charge is -2.24. The van der Waals surface area contributed by atoms with E-state index >= 15 is 0 Å². The Kier molecular flexibility index (Phi) is 3.60. The number of anilines is 1. The zero-order valence-corrected chi connectivity index (χ0v) is 12.0. The quantitative estimate of drug-likeness (QED) is 0.855. The van der Waals surface area contributed by atoms with Crippen molar-refractivity contribution < 1.29 is 9.90 Å². The van der Waals surface area contributed by atoms with E-state index in [1.54, 1.807) is 6.08 Å². The standard InChI is InChI=1S/C17H18N2O2/c1-2-19(14-8-9-14)17-13(7-10-16(20)21)11-12-5-3-4-6-15(12)18-17/h3-7,10-11,14H,2,8-9H2,1H3,(H,20,21)/b10-7+. The van der Waals surface area contributed by atoms with E-state index in [0.29, 0.717) is 6.04 Å². The average molecular weight is 282 g/mol. The summed E-state index contributed by atoms with van der Waals surface area (Å²) in [5.41, 5.74) is 1.81. The molecule has 1 heterocycles. The summed E-state index contributed by atoms with van der Waals surface area (Å²) in [6.07, 6.45) is 5.19. The molecule has 1 aliphatic rings. The third-order valence-corrected chi connectivity index (χ3v) is 3.74. The number of hydrogen-bond donors (Lipinski definition) is 1. The number of pyridine rings is 1. The zero-order chi connectivity index (χ0) is 14.8. The van der Waals surface area contributed by atoms with Crippen LogP contribution in [0.2, 0.25) is 0 Å². The Morgan fingerprint density at radius 2 is 2.19 bits per heavy atom. The van der Waals surface area contributed by atoms with Crippen molar-refractivity contribution >= 4 is 28.8 Å². The highest BCUT2D eigenvalue weighted by Crippen LogP contribution is 2.34. The number of benzene rings is 1. The molecule has 0 saturated heterocycles. The van der Waals surface area contributed by atoms with Crippen LogP contribution in [0.5, 0.6) is 0 Å². The molecule has 1 saturated carbocycles. The number of rotatable bonds is 5. The van der Waals surface area contributed by atoms with Crippen LogP contribution < -0.4 is 4.90 Å². The fourth-order valence-corrected chi connectivity index (χ4v) is 2.60.